The Kier molecular flexibility index (Phi) is 5.35. The first-order valence-corrected chi connectivity index (χ1v) is 9.07. The number of carbonyl (C=O) groups excluding carboxylic acids is 4. The summed E-state index contributed by atoms with van der Waals surface area (Å²) in [7, 11) is 2.76. The minimum atomic E-state index is -0.883. The van der Waals surface area contributed by atoms with Gasteiger partial charge in [0, 0.05) is 7.05 Å². The second-order valence-corrected chi connectivity index (χ2v) is 7.06. The predicted octanol–water partition coefficient (Wildman–Crippen LogP) is 2.15. The Morgan fingerprint density at radius 1 is 1.21 bits per heavy atom. The monoisotopic (exact) mass is 391 g/mol. The number of benzene rings is 1. The molecule has 0 atom stereocenters. The molecule has 1 N–H and O–H groups in total. The van der Waals surface area contributed by atoms with E-state index in [-0.39, 0.29) is 11.3 Å². The van der Waals surface area contributed by atoms with Crippen LogP contribution in [0.15, 0.2) is 18.2 Å². The number of methoxy groups -OCH3 is 1. The molecule has 8 nitrogen and oxygen atoms in total. The lowest BCUT2D eigenvalue weighted by Gasteiger charge is -2.35. The normalized spacial score (nSPS) is 18.5. The molecule has 2 aliphatic rings. The molecule has 1 saturated carbocycles. The number of imide groups is 1. The van der Waals surface area contributed by atoms with Crippen molar-refractivity contribution in [2.45, 2.75) is 37.6 Å². The first-order chi connectivity index (χ1) is 13.3. The number of rotatable bonds is 4. The fraction of sp³-hybridized carbons (Fsp3) is 0.474. The molecule has 4 amide bonds. The summed E-state index contributed by atoms with van der Waals surface area (Å²) in [6, 6.07) is 2.86. The number of nitrogens with one attached hydrogen (secondary N) is 1. The minimum absolute atomic E-state index is 0.0633. The standard InChI is InChI=1S/C19H22FN3O5/c1-22-18(27)23(17(26)19(22)8-4-3-5-9-19)11-15(24)21-14-10-12(16(25)28-2)6-7-13(14)20/h6-7,10H,3-5,8-9,11H2,1-2H3,(H,21,24). The first-order valence-electron chi connectivity index (χ1n) is 9.07. The van der Waals surface area contributed by atoms with Crippen molar-refractivity contribution in [1.29, 1.82) is 0 Å². The number of ether oxygens (including phenoxy) is 1. The van der Waals surface area contributed by atoms with E-state index in [1.165, 1.54) is 18.1 Å². The molecule has 1 aromatic carbocycles. The van der Waals surface area contributed by atoms with Crippen LogP contribution in [-0.4, -0.2) is 59.9 Å². The molecule has 1 saturated heterocycles. The van der Waals surface area contributed by atoms with Gasteiger partial charge in [0.2, 0.25) is 5.91 Å². The van der Waals surface area contributed by atoms with E-state index in [1.807, 2.05) is 0 Å². The molecule has 0 unspecified atom stereocenters. The molecule has 2 fully saturated rings. The van der Waals surface area contributed by atoms with Crippen LogP contribution >= 0.6 is 0 Å². The Balaban J connectivity index is 1.74. The molecule has 1 aliphatic heterocycles. The van der Waals surface area contributed by atoms with Crippen LogP contribution in [0.4, 0.5) is 14.9 Å². The number of likely N-dealkylation sites (N-methyl/N-ethyl adjacent to an activating group) is 1. The van der Waals surface area contributed by atoms with Gasteiger partial charge in [-0.2, -0.15) is 0 Å². The molecule has 1 aromatic rings. The number of hydrogen-bond acceptors (Lipinski definition) is 5. The molecule has 1 spiro atoms. The quantitative estimate of drug-likeness (QED) is 0.627. The van der Waals surface area contributed by atoms with Gasteiger partial charge in [-0.15, -0.1) is 0 Å². The number of carbonyl (C=O) groups is 4. The zero-order chi connectivity index (χ0) is 20.5. The third kappa shape index (κ3) is 3.32. The number of urea groups is 1. The third-order valence-corrected chi connectivity index (χ3v) is 5.45. The van der Waals surface area contributed by atoms with Crippen LogP contribution < -0.4 is 5.32 Å². The topological polar surface area (TPSA) is 96.0 Å². The van der Waals surface area contributed by atoms with E-state index >= 15 is 0 Å². The maximum absolute atomic E-state index is 14.0. The van der Waals surface area contributed by atoms with Crippen LogP contribution in [0.3, 0.4) is 0 Å². The lowest BCUT2D eigenvalue weighted by Crippen LogP contribution is -2.49. The zero-order valence-corrected chi connectivity index (χ0v) is 15.8. The maximum atomic E-state index is 14.0. The van der Waals surface area contributed by atoms with E-state index < -0.39 is 41.7 Å². The highest BCUT2D eigenvalue weighted by molar-refractivity contribution is 6.10. The van der Waals surface area contributed by atoms with Gasteiger partial charge < -0.3 is 15.0 Å². The fourth-order valence-corrected chi connectivity index (χ4v) is 3.87. The Morgan fingerprint density at radius 3 is 2.54 bits per heavy atom. The summed E-state index contributed by atoms with van der Waals surface area (Å²) in [4.78, 5) is 51.7. The second kappa shape index (κ2) is 7.57. The Bertz CT molecular complexity index is 835. The van der Waals surface area contributed by atoms with Crippen LogP contribution in [-0.2, 0) is 14.3 Å². The largest absolute Gasteiger partial charge is 0.465 e. The summed E-state index contributed by atoms with van der Waals surface area (Å²) >= 11 is 0. The average molecular weight is 391 g/mol. The van der Waals surface area contributed by atoms with Crippen LogP contribution in [0.1, 0.15) is 42.5 Å². The molecule has 0 aromatic heterocycles. The van der Waals surface area contributed by atoms with Crippen molar-refractivity contribution in [3.63, 3.8) is 0 Å². The van der Waals surface area contributed by atoms with E-state index in [2.05, 4.69) is 10.1 Å². The summed E-state index contributed by atoms with van der Waals surface area (Å²) in [5.41, 5.74) is -1.05. The minimum Gasteiger partial charge on any atom is -0.465 e. The number of esters is 1. The highest BCUT2D eigenvalue weighted by Crippen LogP contribution is 2.39. The van der Waals surface area contributed by atoms with Crippen molar-refractivity contribution in [2.24, 2.45) is 0 Å². The Hall–Kier alpha value is -2.97. The SMILES string of the molecule is COC(=O)c1ccc(F)c(NC(=O)CN2C(=O)N(C)C3(CCCCC3)C2=O)c1. The molecule has 0 radical (unpaired) electrons. The summed E-state index contributed by atoms with van der Waals surface area (Å²) < 4.78 is 18.6. The van der Waals surface area contributed by atoms with E-state index in [4.69, 9.17) is 0 Å². The van der Waals surface area contributed by atoms with E-state index in [9.17, 15) is 23.6 Å². The lowest BCUT2D eigenvalue weighted by atomic mass is 9.81. The lowest BCUT2D eigenvalue weighted by molar-refractivity contribution is -0.136. The first kappa shape index (κ1) is 19.8. The number of amides is 4. The van der Waals surface area contributed by atoms with Gasteiger partial charge in [-0.05, 0) is 31.0 Å². The van der Waals surface area contributed by atoms with Crippen molar-refractivity contribution in [1.82, 2.24) is 9.80 Å². The molecule has 1 aliphatic carbocycles. The summed E-state index contributed by atoms with van der Waals surface area (Å²) in [5, 5.41) is 2.32. The highest BCUT2D eigenvalue weighted by atomic mass is 19.1. The van der Waals surface area contributed by atoms with Crippen molar-refractivity contribution in [3.8, 4) is 0 Å². The molecule has 9 heteroatoms. The predicted molar refractivity (Wildman–Crippen MR) is 97.1 cm³/mol. The second-order valence-electron chi connectivity index (χ2n) is 7.06. The van der Waals surface area contributed by atoms with Gasteiger partial charge in [0.05, 0.1) is 18.4 Å². The summed E-state index contributed by atoms with van der Waals surface area (Å²) in [5.74, 6) is -2.55. The van der Waals surface area contributed by atoms with Gasteiger partial charge in [-0.25, -0.2) is 14.0 Å². The molecule has 28 heavy (non-hydrogen) atoms. The van der Waals surface area contributed by atoms with Gasteiger partial charge in [-0.3, -0.25) is 14.5 Å². The molecule has 0 bridgehead atoms. The molecular weight excluding hydrogens is 369 g/mol. The summed E-state index contributed by atoms with van der Waals surface area (Å²) in [6.07, 6.45) is 3.83. The fourth-order valence-electron chi connectivity index (χ4n) is 3.87. The van der Waals surface area contributed by atoms with Gasteiger partial charge in [0.25, 0.3) is 5.91 Å². The van der Waals surface area contributed by atoms with Gasteiger partial charge in [0.15, 0.2) is 0 Å². The Morgan fingerprint density at radius 2 is 1.89 bits per heavy atom. The molecule has 1 heterocycles. The molecule has 150 valence electrons. The van der Waals surface area contributed by atoms with Crippen molar-refractivity contribution >= 4 is 29.5 Å². The number of nitrogens with zero attached hydrogens (tertiary/aromatic N) is 2. The number of halogens is 1. The average Bonchev–Trinajstić information content (AvgIpc) is 2.86. The van der Waals surface area contributed by atoms with E-state index in [0.29, 0.717) is 12.8 Å². The maximum Gasteiger partial charge on any atom is 0.337 e. The summed E-state index contributed by atoms with van der Waals surface area (Å²) in [6.45, 7) is -0.522. The van der Waals surface area contributed by atoms with Crippen molar-refractivity contribution in [2.75, 3.05) is 26.0 Å². The zero-order valence-electron chi connectivity index (χ0n) is 15.8. The third-order valence-electron chi connectivity index (χ3n) is 5.45. The van der Waals surface area contributed by atoms with Crippen molar-refractivity contribution in [3.05, 3.63) is 29.6 Å². The molecule has 3 rings (SSSR count). The molecular formula is C19H22FN3O5. The smallest absolute Gasteiger partial charge is 0.337 e. The van der Waals surface area contributed by atoms with Crippen molar-refractivity contribution < 1.29 is 28.3 Å². The number of anilines is 1. The Labute approximate surface area is 161 Å². The number of hydrogen-bond donors (Lipinski definition) is 1. The van der Waals surface area contributed by atoms with Gasteiger partial charge in [0.1, 0.15) is 17.9 Å². The van der Waals surface area contributed by atoms with Gasteiger partial charge in [-0.1, -0.05) is 19.3 Å². The van der Waals surface area contributed by atoms with Crippen LogP contribution in [0.25, 0.3) is 0 Å². The van der Waals surface area contributed by atoms with Crippen LogP contribution in [0.2, 0.25) is 0 Å². The van der Waals surface area contributed by atoms with Crippen LogP contribution in [0, 0.1) is 5.82 Å². The van der Waals surface area contributed by atoms with E-state index in [1.54, 1.807) is 7.05 Å². The van der Waals surface area contributed by atoms with E-state index in [0.717, 1.165) is 36.3 Å². The van der Waals surface area contributed by atoms with Gasteiger partial charge >= 0.3 is 12.0 Å². The highest BCUT2D eigenvalue weighted by Gasteiger charge is 2.55. The van der Waals surface area contributed by atoms with Crippen LogP contribution in [0.5, 0.6) is 0 Å².